The van der Waals surface area contributed by atoms with Crippen molar-refractivity contribution >= 4 is 16.5 Å². The first-order valence-corrected chi connectivity index (χ1v) is 6.32. The van der Waals surface area contributed by atoms with Crippen LogP contribution in [0, 0.1) is 0 Å². The molecule has 0 saturated carbocycles. The number of hydrogen-bond acceptors (Lipinski definition) is 5. The third-order valence-corrected chi connectivity index (χ3v) is 3.29. The van der Waals surface area contributed by atoms with Gasteiger partial charge in [0.1, 0.15) is 23.1 Å². The summed E-state index contributed by atoms with van der Waals surface area (Å²) in [4.78, 5) is 0. The van der Waals surface area contributed by atoms with Crippen molar-refractivity contribution in [3.05, 3.63) is 35.5 Å². The van der Waals surface area contributed by atoms with Crippen LogP contribution in [0.1, 0.15) is 18.2 Å². The summed E-state index contributed by atoms with van der Waals surface area (Å²) in [6.45, 7) is 2.56. The van der Waals surface area contributed by atoms with Crippen LogP contribution in [0.15, 0.2) is 24.3 Å². The zero-order valence-electron chi connectivity index (χ0n) is 9.93. The minimum Gasteiger partial charge on any atom is -0.487 e. The number of rotatable bonds is 5. The van der Waals surface area contributed by atoms with E-state index in [0.29, 0.717) is 6.61 Å². The van der Waals surface area contributed by atoms with E-state index in [0.717, 1.165) is 22.9 Å². The summed E-state index contributed by atoms with van der Waals surface area (Å²) in [5.41, 5.74) is 2.06. The van der Waals surface area contributed by atoms with E-state index < -0.39 is 0 Å². The monoisotopic (exact) mass is 249 g/mol. The van der Waals surface area contributed by atoms with E-state index >= 15 is 0 Å². The number of aryl methyl sites for hydroxylation is 1. The highest BCUT2D eigenvalue weighted by atomic mass is 32.1. The van der Waals surface area contributed by atoms with E-state index in [1.807, 2.05) is 25.2 Å². The van der Waals surface area contributed by atoms with Gasteiger partial charge in [-0.25, -0.2) is 0 Å². The van der Waals surface area contributed by atoms with Crippen LogP contribution in [0.4, 0.5) is 5.00 Å². The Bertz CT molecular complexity index is 484. The second-order valence-corrected chi connectivity index (χ2v) is 4.30. The maximum absolute atomic E-state index is 5.78. The Kier molecular flexibility index (Phi) is 3.93. The number of hydrogen-bond donors (Lipinski definition) is 1. The number of anilines is 1. The topological polar surface area (TPSA) is 47.0 Å². The molecule has 0 spiro atoms. The van der Waals surface area contributed by atoms with Crippen LogP contribution in [0.5, 0.6) is 5.75 Å². The zero-order chi connectivity index (χ0) is 12.1. The Labute approximate surface area is 105 Å². The predicted octanol–water partition coefficient (Wildman–Crippen LogP) is 2.72. The lowest BCUT2D eigenvalue weighted by Crippen LogP contribution is -2.01. The molecule has 0 aliphatic rings. The Morgan fingerprint density at radius 1 is 1.35 bits per heavy atom. The molecule has 2 aromatic rings. The molecule has 1 aromatic carbocycles. The third-order valence-electron chi connectivity index (χ3n) is 2.50. The molecule has 0 atom stereocenters. The van der Waals surface area contributed by atoms with Crippen LogP contribution in [0.25, 0.3) is 0 Å². The highest BCUT2D eigenvalue weighted by Gasteiger charge is 2.08. The maximum atomic E-state index is 5.78. The van der Waals surface area contributed by atoms with Gasteiger partial charge in [0.2, 0.25) is 0 Å². The molecular weight excluding hydrogens is 234 g/mol. The first-order valence-electron chi connectivity index (χ1n) is 5.54. The second kappa shape index (κ2) is 5.63. The highest BCUT2D eigenvalue weighted by molar-refractivity contribution is 7.10. The minimum atomic E-state index is 0.448. The van der Waals surface area contributed by atoms with Crippen LogP contribution in [0.3, 0.4) is 0 Å². The van der Waals surface area contributed by atoms with E-state index in [4.69, 9.17) is 4.74 Å². The van der Waals surface area contributed by atoms with E-state index in [-0.39, 0.29) is 0 Å². The summed E-state index contributed by atoms with van der Waals surface area (Å²) in [5, 5.41) is 8.05. The van der Waals surface area contributed by atoms with Gasteiger partial charge in [0.05, 0.1) is 0 Å². The van der Waals surface area contributed by atoms with Crippen molar-refractivity contribution in [3.8, 4) is 5.75 Å². The van der Waals surface area contributed by atoms with Gasteiger partial charge in [-0.2, -0.15) is 0 Å². The van der Waals surface area contributed by atoms with Gasteiger partial charge in [-0.1, -0.05) is 29.6 Å². The summed E-state index contributed by atoms with van der Waals surface area (Å²) in [7, 11) is 1.86. The van der Waals surface area contributed by atoms with Gasteiger partial charge >= 0.3 is 0 Å². The summed E-state index contributed by atoms with van der Waals surface area (Å²) >= 11 is 1.34. The summed E-state index contributed by atoms with van der Waals surface area (Å²) in [6, 6.07) is 8.06. The molecule has 0 saturated heterocycles. The van der Waals surface area contributed by atoms with E-state index in [2.05, 4.69) is 27.9 Å². The van der Waals surface area contributed by atoms with Crippen LogP contribution in [0.2, 0.25) is 0 Å². The first-order chi connectivity index (χ1) is 8.35. The van der Waals surface area contributed by atoms with Crippen LogP contribution < -0.4 is 10.1 Å². The van der Waals surface area contributed by atoms with E-state index in [9.17, 15) is 0 Å². The molecule has 5 heteroatoms. The van der Waals surface area contributed by atoms with E-state index in [1.165, 1.54) is 17.1 Å². The molecule has 1 heterocycles. The molecule has 90 valence electrons. The maximum Gasteiger partial charge on any atom is 0.136 e. The molecule has 1 aromatic heterocycles. The smallest absolute Gasteiger partial charge is 0.136 e. The van der Waals surface area contributed by atoms with E-state index in [1.54, 1.807) is 0 Å². The highest BCUT2D eigenvalue weighted by Crippen LogP contribution is 2.22. The third kappa shape index (κ3) is 2.74. The molecule has 0 fully saturated rings. The van der Waals surface area contributed by atoms with Crippen molar-refractivity contribution in [3.63, 3.8) is 0 Å². The molecular formula is C12H15N3OS. The number of aromatic nitrogens is 2. The van der Waals surface area contributed by atoms with Crippen LogP contribution >= 0.6 is 11.5 Å². The fourth-order valence-electron chi connectivity index (χ4n) is 1.58. The van der Waals surface area contributed by atoms with Crippen molar-refractivity contribution in [2.75, 3.05) is 12.4 Å². The lowest BCUT2D eigenvalue weighted by Gasteiger charge is -2.09. The SMILES string of the molecule is CCc1ccccc1OCc1nnsc1NC. The average molecular weight is 249 g/mol. The predicted molar refractivity (Wildman–Crippen MR) is 69.6 cm³/mol. The fraction of sp³-hybridized carbons (Fsp3) is 0.333. The number of benzene rings is 1. The number of nitrogens with zero attached hydrogens (tertiary/aromatic N) is 2. The Morgan fingerprint density at radius 2 is 2.18 bits per heavy atom. The van der Waals surface area contributed by atoms with Gasteiger partial charge in [0, 0.05) is 18.6 Å². The Balaban J connectivity index is 2.07. The quantitative estimate of drug-likeness (QED) is 0.885. The largest absolute Gasteiger partial charge is 0.487 e. The van der Waals surface area contributed by atoms with Crippen molar-refractivity contribution in [2.45, 2.75) is 20.0 Å². The second-order valence-electron chi connectivity index (χ2n) is 3.55. The minimum absolute atomic E-state index is 0.448. The summed E-state index contributed by atoms with van der Waals surface area (Å²) < 4.78 is 9.68. The average Bonchev–Trinajstić information content (AvgIpc) is 2.84. The summed E-state index contributed by atoms with van der Waals surface area (Å²) in [6.07, 6.45) is 0.963. The molecule has 17 heavy (non-hydrogen) atoms. The standard InChI is InChI=1S/C12H15N3OS/c1-3-9-6-4-5-7-11(9)16-8-10-12(13-2)17-15-14-10/h4-7,13H,3,8H2,1-2H3. The van der Waals surface area contributed by atoms with Gasteiger partial charge < -0.3 is 10.1 Å². The Hall–Kier alpha value is -1.62. The molecule has 2 rings (SSSR count). The van der Waals surface area contributed by atoms with Gasteiger partial charge in [0.25, 0.3) is 0 Å². The van der Waals surface area contributed by atoms with Crippen LogP contribution in [-0.4, -0.2) is 16.6 Å². The van der Waals surface area contributed by atoms with Crippen molar-refractivity contribution in [1.82, 2.24) is 9.59 Å². The van der Waals surface area contributed by atoms with Gasteiger partial charge in [-0.05, 0) is 18.1 Å². The van der Waals surface area contributed by atoms with Gasteiger partial charge in [0.15, 0.2) is 0 Å². The fourth-order valence-corrected chi connectivity index (χ4v) is 2.09. The molecule has 4 nitrogen and oxygen atoms in total. The molecule has 0 aliphatic carbocycles. The number of nitrogens with one attached hydrogen (secondary N) is 1. The normalized spacial score (nSPS) is 10.2. The van der Waals surface area contributed by atoms with Crippen molar-refractivity contribution < 1.29 is 4.74 Å². The summed E-state index contributed by atoms with van der Waals surface area (Å²) in [5.74, 6) is 0.921. The van der Waals surface area contributed by atoms with Crippen molar-refractivity contribution in [1.29, 1.82) is 0 Å². The lowest BCUT2D eigenvalue weighted by molar-refractivity contribution is 0.299. The number of ether oxygens (including phenoxy) is 1. The molecule has 0 amide bonds. The molecule has 1 N–H and O–H groups in total. The molecule has 0 radical (unpaired) electrons. The molecule has 0 bridgehead atoms. The zero-order valence-corrected chi connectivity index (χ0v) is 10.8. The van der Waals surface area contributed by atoms with Gasteiger partial charge in [-0.15, -0.1) is 5.10 Å². The molecule has 0 unspecified atom stereocenters. The number of para-hydroxylation sites is 1. The Morgan fingerprint density at radius 3 is 2.94 bits per heavy atom. The lowest BCUT2D eigenvalue weighted by atomic mass is 10.1. The first kappa shape index (κ1) is 11.9. The van der Waals surface area contributed by atoms with Gasteiger partial charge in [-0.3, -0.25) is 0 Å². The van der Waals surface area contributed by atoms with Crippen LogP contribution in [-0.2, 0) is 13.0 Å². The molecule has 0 aliphatic heterocycles. The van der Waals surface area contributed by atoms with Crippen molar-refractivity contribution in [2.24, 2.45) is 0 Å².